The van der Waals surface area contributed by atoms with Gasteiger partial charge in [-0.05, 0) is 36.8 Å². The minimum atomic E-state index is -0.302. The fourth-order valence-corrected chi connectivity index (χ4v) is 1.99. The third-order valence-electron chi connectivity index (χ3n) is 2.42. The standard InChI is InChI=1S/C13H11BrN2O2/c1-8-4-10(14)2-3-12(8)16-13(18)9-5-11(17)7-15-6-9/h2-7,17H,1H3,(H,16,18). The molecule has 0 saturated heterocycles. The monoisotopic (exact) mass is 306 g/mol. The van der Waals surface area contributed by atoms with Crippen molar-refractivity contribution in [2.45, 2.75) is 6.92 Å². The number of hydrogen-bond acceptors (Lipinski definition) is 3. The Morgan fingerprint density at radius 3 is 2.78 bits per heavy atom. The predicted molar refractivity (Wildman–Crippen MR) is 72.7 cm³/mol. The van der Waals surface area contributed by atoms with Crippen LogP contribution < -0.4 is 5.32 Å². The average Bonchev–Trinajstić information content (AvgIpc) is 2.32. The van der Waals surface area contributed by atoms with Crippen LogP contribution in [0.5, 0.6) is 5.75 Å². The zero-order valence-electron chi connectivity index (χ0n) is 9.64. The van der Waals surface area contributed by atoms with E-state index in [1.54, 1.807) is 0 Å². The number of nitrogens with one attached hydrogen (secondary N) is 1. The van der Waals surface area contributed by atoms with Gasteiger partial charge in [0.1, 0.15) is 5.75 Å². The lowest BCUT2D eigenvalue weighted by Crippen LogP contribution is -2.12. The number of amides is 1. The molecule has 0 aliphatic carbocycles. The lowest BCUT2D eigenvalue weighted by Gasteiger charge is -2.08. The number of aryl methyl sites for hydroxylation is 1. The normalized spacial score (nSPS) is 10.1. The molecule has 92 valence electrons. The quantitative estimate of drug-likeness (QED) is 0.896. The van der Waals surface area contributed by atoms with Crippen LogP contribution in [0, 0.1) is 6.92 Å². The van der Waals surface area contributed by atoms with E-state index in [0.717, 1.165) is 15.7 Å². The number of rotatable bonds is 2. The van der Waals surface area contributed by atoms with E-state index in [-0.39, 0.29) is 11.7 Å². The number of aromatic hydroxyl groups is 1. The van der Waals surface area contributed by atoms with E-state index in [2.05, 4.69) is 26.2 Å². The summed E-state index contributed by atoms with van der Waals surface area (Å²) >= 11 is 3.36. The van der Waals surface area contributed by atoms with Crippen molar-refractivity contribution in [2.75, 3.05) is 5.32 Å². The zero-order valence-corrected chi connectivity index (χ0v) is 11.2. The number of nitrogens with zero attached hydrogens (tertiary/aromatic N) is 1. The lowest BCUT2D eigenvalue weighted by molar-refractivity contribution is 0.102. The first-order valence-corrected chi connectivity index (χ1v) is 6.07. The molecular weight excluding hydrogens is 296 g/mol. The van der Waals surface area contributed by atoms with Gasteiger partial charge in [-0.1, -0.05) is 15.9 Å². The van der Waals surface area contributed by atoms with E-state index >= 15 is 0 Å². The van der Waals surface area contributed by atoms with Crippen LogP contribution in [-0.4, -0.2) is 16.0 Å². The number of hydrogen-bond donors (Lipinski definition) is 2. The Bertz CT molecular complexity index is 599. The smallest absolute Gasteiger partial charge is 0.257 e. The van der Waals surface area contributed by atoms with Gasteiger partial charge in [-0.15, -0.1) is 0 Å². The van der Waals surface area contributed by atoms with Crippen molar-refractivity contribution < 1.29 is 9.90 Å². The Kier molecular flexibility index (Phi) is 3.62. The van der Waals surface area contributed by atoms with Crippen LogP contribution in [0.1, 0.15) is 15.9 Å². The average molecular weight is 307 g/mol. The Morgan fingerprint density at radius 1 is 1.33 bits per heavy atom. The largest absolute Gasteiger partial charge is 0.506 e. The van der Waals surface area contributed by atoms with Gasteiger partial charge >= 0.3 is 0 Å². The summed E-state index contributed by atoms with van der Waals surface area (Å²) in [7, 11) is 0. The molecule has 0 bridgehead atoms. The molecule has 18 heavy (non-hydrogen) atoms. The lowest BCUT2D eigenvalue weighted by atomic mass is 10.2. The van der Waals surface area contributed by atoms with Gasteiger partial charge in [0.2, 0.25) is 0 Å². The van der Waals surface area contributed by atoms with Crippen molar-refractivity contribution in [3.8, 4) is 5.75 Å². The number of anilines is 1. The molecule has 1 aromatic carbocycles. The van der Waals surface area contributed by atoms with Crippen molar-refractivity contribution in [3.63, 3.8) is 0 Å². The maximum absolute atomic E-state index is 11.9. The second-order valence-corrected chi connectivity index (χ2v) is 4.76. The van der Waals surface area contributed by atoms with Crippen LogP contribution in [0.4, 0.5) is 5.69 Å². The molecule has 2 rings (SSSR count). The van der Waals surface area contributed by atoms with Gasteiger partial charge in [0.05, 0.1) is 11.8 Å². The van der Waals surface area contributed by atoms with Crippen LogP contribution in [0.3, 0.4) is 0 Å². The Balaban J connectivity index is 2.21. The molecule has 0 aliphatic heterocycles. The maximum Gasteiger partial charge on any atom is 0.257 e. The number of benzene rings is 1. The Morgan fingerprint density at radius 2 is 2.11 bits per heavy atom. The topological polar surface area (TPSA) is 62.2 Å². The number of pyridine rings is 1. The molecule has 0 saturated carbocycles. The van der Waals surface area contributed by atoms with Crippen molar-refractivity contribution in [3.05, 3.63) is 52.3 Å². The molecule has 2 N–H and O–H groups in total. The molecule has 1 heterocycles. The summed E-state index contributed by atoms with van der Waals surface area (Å²) in [5, 5.41) is 12.0. The summed E-state index contributed by atoms with van der Waals surface area (Å²) in [6, 6.07) is 6.95. The molecule has 0 aliphatic rings. The van der Waals surface area contributed by atoms with Crippen LogP contribution in [0.2, 0.25) is 0 Å². The molecule has 0 fully saturated rings. The van der Waals surface area contributed by atoms with Crippen molar-refractivity contribution in [1.29, 1.82) is 0 Å². The summed E-state index contributed by atoms with van der Waals surface area (Å²) in [5.74, 6) is -0.334. The second kappa shape index (κ2) is 5.18. The van der Waals surface area contributed by atoms with E-state index in [1.807, 2.05) is 25.1 Å². The summed E-state index contributed by atoms with van der Waals surface area (Å²) in [4.78, 5) is 15.7. The summed E-state index contributed by atoms with van der Waals surface area (Å²) in [5.41, 5.74) is 2.00. The molecule has 0 atom stereocenters. The molecule has 2 aromatic rings. The minimum Gasteiger partial charge on any atom is -0.506 e. The second-order valence-electron chi connectivity index (χ2n) is 3.85. The van der Waals surface area contributed by atoms with Gasteiger partial charge in [-0.3, -0.25) is 9.78 Å². The molecule has 0 spiro atoms. The fraction of sp³-hybridized carbons (Fsp3) is 0.0769. The predicted octanol–water partition coefficient (Wildman–Crippen LogP) is 3.11. The van der Waals surface area contributed by atoms with Gasteiger partial charge in [-0.2, -0.15) is 0 Å². The fourth-order valence-electron chi connectivity index (χ4n) is 1.51. The third kappa shape index (κ3) is 2.87. The highest BCUT2D eigenvalue weighted by Gasteiger charge is 2.08. The van der Waals surface area contributed by atoms with E-state index in [1.165, 1.54) is 18.5 Å². The highest BCUT2D eigenvalue weighted by atomic mass is 79.9. The van der Waals surface area contributed by atoms with Crippen molar-refractivity contribution in [1.82, 2.24) is 4.98 Å². The van der Waals surface area contributed by atoms with E-state index < -0.39 is 0 Å². The molecule has 1 amide bonds. The van der Waals surface area contributed by atoms with Crippen molar-refractivity contribution >= 4 is 27.5 Å². The van der Waals surface area contributed by atoms with Crippen LogP contribution >= 0.6 is 15.9 Å². The highest BCUT2D eigenvalue weighted by molar-refractivity contribution is 9.10. The van der Waals surface area contributed by atoms with Crippen molar-refractivity contribution in [2.24, 2.45) is 0 Å². The SMILES string of the molecule is Cc1cc(Br)ccc1NC(=O)c1cncc(O)c1. The van der Waals surface area contributed by atoms with Gasteiger partial charge in [0.25, 0.3) is 5.91 Å². The van der Waals surface area contributed by atoms with Crippen LogP contribution in [-0.2, 0) is 0 Å². The summed E-state index contributed by atoms with van der Waals surface area (Å²) < 4.78 is 0.956. The molecule has 1 aromatic heterocycles. The van der Waals surface area contributed by atoms with E-state index in [0.29, 0.717) is 5.56 Å². The maximum atomic E-state index is 11.9. The molecule has 4 nitrogen and oxygen atoms in total. The Labute approximate surface area is 113 Å². The first-order chi connectivity index (χ1) is 8.56. The van der Waals surface area contributed by atoms with Crippen LogP contribution in [0.15, 0.2) is 41.1 Å². The number of aromatic nitrogens is 1. The first kappa shape index (κ1) is 12.6. The molecule has 0 unspecified atom stereocenters. The van der Waals surface area contributed by atoms with Gasteiger partial charge < -0.3 is 10.4 Å². The van der Waals surface area contributed by atoms with E-state index in [4.69, 9.17) is 0 Å². The van der Waals surface area contributed by atoms with Gasteiger partial charge in [-0.25, -0.2) is 0 Å². The third-order valence-corrected chi connectivity index (χ3v) is 2.92. The molecule has 0 radical (unpaired) electrons. The van der Waals surface area contributed by atoms with Crippen LogP contribution in [0.25, 0.3) is 0 Å². The number of halogens is 1. The number of carbonyl (C=O) groups is 1. The minimum absolute atomic E-state index is 0.0322. The van der Waals surface area contributed by atoms with Gasteiger partial charge in [0, 0.05) is 16.4 Å². The number of carbonyl (C=O) groups excluding carboxylic acids is 1. The molecule has 5 heteroatoms. The summed E-state index contributed by atoms with van der Waals surface area (Å²) in [6.07, 6.45) is 2.69. The highest BCUT2D eigenvalue weighted by Crippen LogP contribution is 2.21. The van der Waals surface area contributed by atoms with Gasteiger partial charge in [0.15, 0.2) is 0 Å². The zero-order chi connectivity index (χ0) is 13.1. The Hall–Kier alpha value is -1.88. The molecular formula is C13H11BrN2O2. The van der Waals surface area contributed by atoms with E-state index in [9.17, 15) is 9.90 Å². The first-order valence-electron chi connectivity index (χ1n) is 5.28. The summed E-state index contributed by atoms with van der Waals surface area (Å²) in [6.45, 7) is 1.90.